The Morgan fingerprint density at radius 1 is 1.42 bits per heavy atom. The Bertz CT molecular complexity index is 384. The minimum Gasteiger partial charge on any atom is -0.330 e. The highest BCUT2D eigenvalue weighted by Gasteiger charge is 2.24. The zero-order chi connectivity index (χ0) is 13.0. The molecule has 4 heteroatoms. The van der Waals surface area contributed by atoms with E-state index in [1.807, 2.05) is 0 Å². The van der Waals surface area contributed by atoms with Crippen molar-refractivity contribution in [2.24, 2.45) is 11.7 Å². The quantitative estimate of drug-likeness (QED) is 0.892. The molecule has 1 heterocycles. The lowest BCUT2D eigenvalue weighted by molar-refractivity contribution is 0.128. The molecule has 0 amide bonds. The van der Waals surface area contributed by atoms with Gasteiger partial charge in [0.2, 0.25) is 0 Å². The number of nitrogens with two attached hydrogens (primary N) is 1. The molecule has 19 heavy (non-hydrogen) atoms. The molecule has 0 radical (unpaired) electrons. The number of likely N-dealkylation sites (tertiary alicyclic amines) is 1. The minimum absolute atomic E-state index is 0. The standard InChI is InChI=1S/C15H23BrN2.ClH/c1-12(14-6-2-3-7-15(14)16)18-10-4-5-13(11-18)8-9-17;/h2-3,6-7,12-13H,4-5,8-11,17H2,1H3;1H. The molecule has 0 aromatic heterocycles. The molecule has 0 spiro atoms. The predicted molar refractivity (Wildman–Crippen MR) is 87.8 cm³/mol. The first-order valence-corrected chi connectivity index (χ1v) is 7.70. The Morgan fingerprint density at radius 3 is 2.84 bits per heavy atom. The van der Waals surface area contributed by atoms with Crippen molar-refractivity contribution in [3.63, 3.8) is 0 Å². The molecule has 2 nitrogen and oxygen atoms in total. The third-order valence-corrected chi connectivity index (χ3v) is 4.75. The zero-order valence-electron chi connectivity index (χ0n) is 11.5. The molecule has 0 aliphatic carbocycles. The monoisotopic (exact) mass is 346 g/mol. The highest BCUT2D eigenvalue weighted by atomic mass is 79.9. The van der Waals surface area contributed by atoms with Crippen molar-refractivity contribution in [2.45, 2.75) is 32.2 Å². The third kappa shape index (κ3) is 4.45. The summed E-state index contributed by atoms with van der Waals surface area (Å²) in [5, 5.41) is 0. The topological polar surface area (TPSA) is 29.3 Å². The van der Waals surface area contributed by atoms with Crippen LogP contribution in [0.1, 0.15) is 37.8 Å². The molecule has 1 aliphatic heterocycles. The van der Waals surface area contributed by atoms with E-state index in [-0.39, 0.29) is 12.4 Å². The van der Waals surface area contributed by atoms with Gasteiger partial charge < -0.3 is 5.73 Å². The first-order valence-electron chi connectivity index (χ1n) is 6.91. The van der Waals surface area contributed by atoms with Crippen molar-refractivity contribution in [2.75, 3.05) is 19.6 Å². The van der Waals surface area contributed by atoms with Gasteiger partial charge >= 0.3 is 0 Å². The number of hydrogen-bond donors (Lipinski definition) is 1. The highest BCUT2D eigenvalue weighted by molar-refractivity contribution is 9.10. The van der Waals surface area contributed by atoms with Crippen molar-refractivity contribution in [3.8, 4) is 0 Å². The number of benzene rings is 1. The van der Waals surface area contributed by atoms with Crippen LogP contribution in [0.25, 0.3) is 0 Å². The molecule has 1 saturated heterocycles. The summed E-state index contributed by atoms with van der Waals surface area (Å²) in [5.74, 6) is 0.786. The highest BCUT2D eigenvalue weighted by Crippen LogP contribution is 2.31. The first kappa shape index (κ1) is 17.0. The summed E-state index contributed by atoms with van der Waals surface area (Å²) in [6.45, 7) is 5.54. The maximum Gasteiger partial charge on any atom is 0.0331 e. The second-order valence-corrected chi connectivity index (χ2v) is 6.13. The molecular formula is C15H24BrClN2. The molecule has 108 valence electrons. The third-order valence-electron chi connectivity index (χ3n) is 4.03. The van der Waals surface area contributed by atoms with Crippen LogP contribution in [-0.4, -0.2) is 24.5 Å². The van der Waals surface area contributed by atoms with Crippen molar-refractivity contribution < 1.29 is 0 Å². The largest absolute Gasteiger partial charge is 0.330 e. The lowest BCUT2D eigenvalue weighted by Crippen LogP contribution is -2.38. The fourth-order valence-electron chi connectivity index (χ4n) is 2.93. The Morgan fingerprint density at radius 2 is 2.16 bits per heavy atom. The summed E-state index contributed by atoms with van der Waals surface area (Å²) >= 11 is 3.66. The summed E-state index contributed by atoms with van der Waals surface area (Å²) in [5.41, 5.74) is 7.08. The Hall–Kier alpha value is -0.0900. The number of rotatable bonds is 4. The van der Waals surface area contributed by atoms with Crippen LogP contribution < -0.4 is 5.73 Å². The second kappa shape index (κ2) is 8.25. The SMILES string of the molecule is CC(c1ccccc1Br)N1CCCC(CCN)C1.Cl. The summed E-state index contributed by atoms with van der Waals surface area (Å²) < 4.78 is 1.22. The van der Waals surface area contributed by atoms with E-state index in [4.69, 9.17) is 5.73 Å². The predicted octanol–water partition coefficient (Wildman–Crippen LogP) is 3.99. The molecule has 1 aromatic carbocycles. The van der Waals surface area contributed by atoms with Crippen LogP contribution in [0, 0.1) is 5.92 Å². The summed E-state index contributed by atoms with van der Waals surface area (Å²) in [7, 11) is 0. The molecule has 1 aromatic rings. The smallest absolute Gasteiger partial charge is 0.0331 e. The maximum atomic E-state index is 5.69. The molecule has 2 unspecified atom stereocenters. The molecule has 0 saturated carbocycles. The van der Waals surface area contributed by atoms with E-state index in [2.05, 4.69) is 52.0 Å². The Kier molecular flexibility index (Phi) is 7.37. The van der Waals surface area contributed by atoms with Gasteiger partial charge in [-0.05, 0) is 56.8 Å². The van der Waals surface area contributed by atoms with Crippen molar-refractivity contribution >= 4 is 28.3 Å². The van der Waals surface area contributed by atoms with E-state index in [9.17, 15) is 0 Å². The second-order valence-electron chi connectivity index (χ2n) is 5.28. The molecule has 2 rings (SSSR count). The summed E-state index contributed by atoms with van der Waals surface area (Å²) in [6.07, 6.45) is 3.81. The minimum atomic E-state index is 0. The van der Waals surface area contributed by atoms with Crippen LogP contribution in [0.3, 0.4) is 0 Å². The van der Waals surface area contributed by atoms with Crippen molar-refractivity contribution in [1.29, 1.82) is 0 Å². The van der Waals surface area contributed by atoms with Gasteiger partial charge in [-0.2, -0.15) is 0 Å². The zero-order valence-corrected chi connectivity index (χ0v) is 13.9. The molecule has 1 fully saturated rings. The number of piperidine rings is 1. The molecule has 2 atom stereocenters. The lowest BCUT2D eigenvalue weighted by atomic mass is 9.93. The van der Waals surface area contributed by atoms with Gasteiger partial charge in [-0.25, -0.2) is 0 Å². The van der Waals surface area contributed by atoms with Gasteiger partial charge in [0, 0.05) is 17.1 Å². The van der Waals surface area contributed by atoms with Gasteiger partial charge in [-0.3, -0.25) is 4.90 Å². The van der Waals surface area contributed by atoms with E-state index < -0.39 is 0 Å². The number of hydrogen-bond acceptors (Lipinski definition) is 2. The number of halogens is 2. The van der Waals surface area contributed by atoms with Gasteiger partial charge in [0.25, 0.3) is 0 Å². The maximum absolute atomic E-state index is 5.69. The Labute approximate surface area is 131 Å². The van der Waals surface area contributed by atoms with E-state index in [0.29, 0.717) is 6.04 Å². The van der Waals surface area contributed by atoms with E-state index in [0.717, 1.165) is 12.5 Å². The molecule has 1 aliphatic rings. The van der Waals surface area contributed by atoms with Gasteiger partial charge in [-0.15, -0.1) is 12.4 Å². The summed E-state index contributed by atoms with van der Waals surface area (Å²) in [6, 6.07) is 9.04. The molecular weight excluding hydrogens is 324 g/mol. The average Bonchev–Trinajstić information content (AvgIpc) is 2.39. The van der Waals surface area contributed by atoms with Gasteiger partial charge in [-0.1, -0.05) is 34.1 Å². The fraction of sp³-hybridized carbons (Fsp3) is 0.600. The van der Waals surface area contributed by atoms with Crippen LogP contribution >= 0.6 is 28.3 Å². The Balaban J connectivity index is 0.00000180. The first-order chi connectivity index (χ1) is 8.72. The normalized spacial score (nSPS) is 21.7. The van der Waals surface area contributed by atoms with Crippen LogP contribution in [0.2, 0.25) is 0 Å². The number of nitrogens with zero attached hydrogens (tertiary/aromatic N) is 1. The van der Waals surface area contributed by atoms with Crippen molar-refractivity contribution in [1.82, 2.24) is 4.90 Å². The fourth-order valence-corrected chi connectivity index (χ4v) is 3.55. The van der Waals surface area contributed by atoms with Gasteiger partial charge in [0.05, 0.1) is 0 Å². The van der Waals surface area contributed by atoms with Gasteiger partial charge in [0.15, 0.2) is 0 Å². The summed E-state index contributed by atoms with van der Waals surface area (Å²) in [4.78, 5) is 2.60. The van der Waals surface area contributed by atoms with Crippen LogP contribution in [0.4, 0.5) is 0 Å². The van der Waals surface area contributed by atoms with E-state index in [1.54, 1.807) is 0 Å². The molecule has 2 N–H and O–H groups in total. The van der Waals surface area contributed by atoms with E-state index in [1.165, 1.54) is 42.4 Å². The van der Waals surface area contributed by atoms with Gasteiger partial charge in [0.1, 0.15) is 0 Å². The lowest BCUT2D eigenvalue weighted by Gasteiger charge is -2.37. The van der Waals surface area contributed by atoms with E-state index >= 15 is 0 Å². The van der Waals surface area contributed by atoms with Crippen LogP contribution in [0.5, 0.6) is 0 Å². The average molecular weight is 348 g/mol. The van der Waals surface area contributed by atoms with Crippen molar-refractivity contribution in [3.05, 3.63) is 34.3 Å². The van der Waals surface area contributed by atoms with Crippen LogP contribution in [-0.2, 0) is 0 Å². The molecule has 0 bridgehead atoms. The van der Waals surface area contributed by atoms with Crippen LogP contribution in [0.15, 0.2) is 28.7 Å².